The van der Waals surface area contributed by atoms with Crippen molar-refractivity contribution in [3.63, 3.8) is 0 Å². The Balaban J connectivity index is 2.44. The maximum atomic E-state index is 11.6. The Morgan fingerprint density at radius 3 is 2.39 bits per heavy atom. The molecule has 0 fully saturated rings. The van der Waals surface area contributed by atoms with Crippen LogP contribution in [0, 0.1) is 0 Å². The Morgan fingerprint density at radius 1 is 1.33 bits per heavy atom. The monoisotopic (exact) mass is 313 g/mol. The van der Waals surface area contributed by atoms with Crippen molar-refractivity contribution in [1.82, 2.24) is 5.32 Å². The highest BCUT2D eigenvalue weighted by molar-refractivity contribution is 9.10. The molecule has 0 bridgehead atoms. The number of ether oxygens (including phenoxy) is 1. The minimum Gasteiger partial charge on any atom is -0.459 e. The van der Waals surface area contributed by atoms with Gasteiger partial charge in [-0.25, -0.2) is 0 Å². The first-order chi connectivity index (χ1) is 8.28. The maximum absolute atomic E-state index is 11.6. The van der Waals surface area contributed by atoms with Crippen LogP contribution in [0.25, 0.3) is 0 Å². The average Bonchev–Trinajstić information content (AvgIpc) is 2.24. The van der Waals surface area contributed by atoms with Crippen LogP contribution in [-0.4, -0.2) is 18.1 Å². The standard InChI is InChI=1S/C14H20BrNO2/c1-10(11-5-7-12(15)8-6-11)16-9-13(17)18-14(2,3)4/h5-8,10,16H,9H2,1-4H3/t10-/m1/s1. The molecule has 0 saturated heterocycles. The van der Waals surface area contributed by atoms with E-state index >= 15 is 0 Å². The van der Waals surface area contributed by atoms with E-state index in [9.17, 15) is 4.79 Å². The van der Waals surface area contributed by atoms with Gasteiger partial charge in [0.25, 0.3) is 0 Å². The lowest BCUT2D eigenvalue weighted by atomic mass is 10.1. The van der Waals surface area contributed by atoms with Crippen LogP contribution < -0.4 is 5.32 Å². The lowest BCUT2D eigenvalue weighted by molar-refractivity contribution is -0.153. The van der Waals surface area contributed by atoms with E-state index in [4.69, 9.17) is 4.74 Å². The summed E-state index contributed by atoms with van der Waals surface area (Å²) < 4.78 is 6.28. The fourth-order valence-electron chi connectivity index (χ4n) is 1.48. The average molecular weight is 314 g/mol. The topological polar surface area (TPSA) is 38.3 Å². The van der Waals surface area contributed by atoms with E-state index in [1.54, 1.807) is 0 Å². The SMILES string of the molecule is C[C@@H](NCC(=O)OC(C)(C)C)c1ccc(Br)cc1. The number of hydrogen-bond donors (Lipinski definition) is 1. The second kappa shape index (κ2) is 6.34. The Kier molecular flexibility index (Phi) is 5.35. The first-order valence-electron chi connectivity index (χ1n) is 5.98. The van der Waals surface area contributed by atoms with Gasteiger partial charge in [-0.2, -0.15) is 0 Å². The Bertz CT molecular complexity index is 395. The molecule has 0 aliphatic heterocycles. The first-order valence-corrected chi connectivity index (χ1v) is 6.78. The first kappa shape index (κ1) is 15.2. The second-order valence-electron chi connectivity index (χ2n) is 5.24. The van der Waals surface area contributed by atoms with E-state index in [1.165, 1.54) is 0 Å². The van der Waals surface area contributed by atoms with Crippen LogP contribution >= 0.6 is 15.9 Å². The minimum atomic E-state index is -0.431. The zero-order chi connectivity index (χ0) is 13.8. The zero-order valence-corrected chi connectivity index (χ0v) is 12.9. The lowest BCUT2D eigenvalue weighted by Gasteiger charge is -2.21. The number of benzene rings is 1. The van der Waals surface area contributed by atoms with Gasteiger partial charge in [0.15, 0.2) is 0 Å². The van der Waals surface area contributed by atoms with Crippen molar-refractivity contribution in [1.29, 1.82) is 0 Å². The fraction of sp³-hybridized carbons (Fsp3) is 0.500. The third-order valence-corrected chi connectivity index (χ3v) is 2.87. The summed E-state index contributed by atoms with van der Waals surface area (Å²) in [6.45, 7) is 7.83. The van der Waals surface area contributed by atoms with Crippen LogP contribution in [0.15, 0.2) is 28.7 Å². The molecule has 1 rings (SSSR count). The van der Waals surface area contributed by atoms with E-state index in [0.29, 0.717) is 0 Å². The minimum absolute atomic E-state index is 0.116. The summed E-state index contributed by atoms with van der Waals surface area (Å²) in [6, 6.07) is 8.14. The summed E-state index contributed by atoms with van der Waals surface area (Å²) in [5.41, 5.74) is 0.710. The number of rotatable bonds is 4. The van der Waals surface area contributed by atoms with Crippen molar-refractivity contribution in [2.75, 3.05) is 6.54 Å². The summed E-state index contributed by atoms with van der Waals surface area (Å²) in [5, 5.41) is 3.15. The smallest absolute Gasteiger partial charge is 0.320 e. The normalized spacial score (nSPS) is 13.2. The fourth-order valence-corrected chi connectivity index (χ4v) is 1.75. The number of nitrogens with one attached hydrogen (secondary N) is 1. The molecule has 0 radical (unpaired) electrons. The zero-order valence-electron chi connectivity index (χ0n) is 11.3. The highest BCUT2D eigenvalue weighted by atomic mass is 79.9. The van der Waals surface area contributed by atoms with Crippen molar-refractivity contribution in [2.45, 2.75) is 39.3 Å². The predicted octanol–water partition coefficient (Wildman–Crippen LogP) is 3.44. The molecule has 3 nitrogen and oxygen atoms in total. The highest BCUT2D eigenvalue weighted by Crippen LogP contribution is 2.16. The summed E-state index contributed by atoms with van der Waals surface area (Å²) in [6.07, 6.45) is 0. The summed E-state index contributed by atoms with van der Waals surface area (Å²) in [5.74, 6) is -0.230. The van der Waals surface area contributed by atoms with E-state index in [-0.39, 0.29) is 18.6 Å². The van der Waals surface area contributed by atoms with Gasteiger partial charge in [0, 0.05) is 10.5 Å². The lowest BCUT2D eigenvalue weighted by Crippen LogP contribution is -2.32. The number of carbonyl (C=O) groups excluding carboxylic acids is 1. The van der Waals surface area contributed by atoms with E-state index in [1.807, 2.05) is 52.0 Å². The largest absolute Gasteiger partial charge is 0.459 e. The van der Waals surface area contributed by atoms with E-state index in [2.05, 4.69) is 21.2 Å². The van der Waals surface area contributed by atoms with Gasteiger partial charge in [-0.15, -0.1) is 0 Å². The number of halogens is 1. The molecule has 0 aliphatic rings. The molecule has 1 N–H and O–H groups in total. The van der Waals surface area contributed by atoms with Crippen LogP contribution in [0.5, 0.6) is 0 Å². The van der Waals surface area contributed by atoms with Crippen LogP contribution in [-0.2, 0) is 9.53 Å². The van der Waals surface area contributed by atoms with Gasteiger partial charge in [0.2, 0.25) is 0 Å². The van der Waals surface area contributed by atoms with Crippen molar-refractivity contribution < 1.29 is 9.53 Å². The van der Waals surface area contributed by atoms with Gasteiger partial charge in [0.1, 0.15) is 5.60 Å². The number of hydrogen-bond acceptors (Lipinski definition) is 3. The summed E-state index contributed by atoms with van der Waals surface area (Å²) >= 11 is 3.40. The third kappa shape index (κ3) is 5.65. The highest BCUT2D eigenvalue weighted by Gasteiger charge is 2.16. The molecule has 100 valence electrons. The Morgan fingerprint density at radius 2 is 1.89 bits per heavy atom. The van der Waals surface area contributed by atoms with Gasteiger partial charge in [0.05, 0.1) is 6.54 Å². The molecule has 1 aromatic carbocycles. The molecule has 0 aliphatic carbocycles. The van der Waals surface area contributed by atoms with E-state index in [0.717, 1.165) is 10.0 Å². The van der Waals surface area contributed by atoms with Crippen LogP contribution in [0.3, 0.4) is 0 Å². The molecule has 18 heavy (non-hydrogen) atoms. The van der Waals surface area contributed by atoms with Crippen LogP contribution in [0.4, 0.5) is 0 Å². The van der Waals surface area contributed by atoms with Gasteiger partial charge in [-0.05, 0) is 45.4 Å². The molecular weight excluding hydrogens is 294 g/mol. The molecule has 1 atom stereocenters. The van der Waals surface area contributed by atoms with Crippen LogP contribution in [0.1, 0.15) is 39.3 Å². The van der Waals surface area contributed by atoms with E-state index < -0.39 is 5.60 Å². The molecule has 0 unspecified atom stereocenters. The number of esters is 1. The molecule has 0 spiro atoms. The molecule has 1 aromatic rings. The van der Waals surface area contributed by atoms with Gasteiger partial charge in [-0.1, -0.05) is 28.1 Å². The number of carbonyl (C=O) groups is 1. The molecule has 0 aromatic heterocycles. The van der Waals surface area contributed by atoms with Crippen molar-refractivity contribution in [2.24, 2.45) is 0 Å². The van der Waals surface area contributed by atoms with Crippen molar-refractivity contribution >= 4 is 21.9 Å². The van der Waals surface area contributed by atoms with Crippen molar-refractivity contribution in [3.05, 3.63) is 34.3 Å². The van der Waals surface area contributed by atoms with Gasteiger partial charge < -0.3 is 10.1 Å². The summed E-state index contributed by atoms with van der Waals surface area (Å²) in [4.78, 5) is 11.6. The molecule has 0 heterocycles. The molecule has 0 saturated carbocycles. The predicted molar refractivity (Wildman–Crippen MR) is 76.4 cm³/mol. The summed E-state index contributed by atoms with van der Waals surface area (Å²) in [7, 11) is 0. The second-order valence-corrected chi connectivity index (χ2v) is 6.16. The molecular formula is C14H20BrNO2. The third-order valence-electron chi connectivity index (χ3n) is 2.34. The van der Waals surface area contributed by atoms with Gasteiger partial charge >= 0.3 is 5.97 Å². The van der Waals surface area contributed by atoms with Crippen molar-refractivity contribution in [3.8, 4) is 0 Å². The Labute approximate surface area is 117 Å². The maximum Gasteiger partial charge on any atom is 0.320 e. The molecule has 4 heteroatoms. The van der Waals surface area contributed by atoms with Crippen LogP contribution in [0.2, 0.25) is 0 Å². The van der Waals surface area contributed by atoms with Gasteiger partial charge in [-0.3, -0.25) is 4.79 Å². The molecule has 0 amide bonds. The quantitative estimate of drug-likeness (QED) is 0.865. The Hall–Kier alpha value is -0.870.